The standard InChI is InChI=1S/C29H22BrCl3N2O3/c1-14(2)24(25(36)34-21-12-11-15(30)13-20(21)31)35-26(37)22-23(27(35)38)29(33)17-8-4-3-7-16(17)28(22,32)18-9-5-6-10-19(18)29/h3-14,22-24H,1-2H3,(H,34,36)/t22-,23-,24+,28?,29?/m1/s1. The Labute approximate surface area is 243 Å². The number of alkyl halides is 2. The second-order valence-corrected chi connectivity index (χ2v) is 12.8. The van der Waals surface area contributed by atoms with E-state index in [4.69, 9.17) is 34.8 Å². The van der Waals surface area contributed by atoms with E-state index in [1.807, 2.05) is 48.5 Å². The molecule has 0 saturated carbocycles. The summed E-state index contributed by atoms with van der Waals surface area (Å²) in [5.74, 6) is -3.84. The van der Waals surface area contributed by atoms with Gasteiger partial charge < -0.3 is 5.32 Å². The number of hydrogen-bond donors (Lipinski definition) is 1. The second kappa shape index (κ2) is 8.82. The Kier molecular flexibility index (Phi) is 6.00. The quantitative estimate of drug-likeness (QED) is 0.259. The normalized spacial score (nSPS) is 27.7. The van der Waals surface area contributed by atoms with Crippen LogP contribution < -0.4 is 5.32 Å². The number of carbonyl (C=O) groups excluding carboxylic acids is 3. The van der Waals surface area contributed by atoms with Crippen molar-refractivity contribution in [3.8, 4) is 0 Å². The summed E-state index contributed by atoms with van der Waals surface area (Å²) in [6.45, 7) is 3.59. The van der Waals surface area contributed by atoms with Crippen LogP contribution in [-0.4, -0.2) is 28.7 Å². The van der Waals surface area contributed by atoms with Crippen LogP contribution in [0, 0.1) is 17.8 Å². The SMILES string of the molecule is CC(C)[C@@H](C(=O)Nc1ccc(Br)cc1Cl)N1C(=O)[C@H]2[C@H](C1=O)C1(Cl)c3ccccc3C2(Cl)c2ccccc21. The minimum atomic E-state index is -1.30. The van der Waals surface area contributed by atoms with Crippen molar-refractivity contribution in [2.24, 2.45) is 17.8 Å². The van der Waals surface area contributed by atoms with Crippen molar-refractivity contribution in [3.05, 3.63) is 98.5 Å². The minimum Gasteiger partial charge on any atom is -0.323 e. The Morgan fingerprint density at radius 2 is 1.32 bits per heavy atom. The molecule has 38 heavy (non-hydrogen) atoms. The fourth-order valence-electron chi connectivity index (χ4n) is 6.48. The van der Waals surface area contributed by atoms with Gasteiger partial charge in [-0.15, -0.1) is 23.2 Å². The zero-order chi connectivity index (χ0) is 27.1. The number of benzene rings is 3. The molecule has 3 atom stereocenters. The van der Waals surface area contributed by atoms with Crippen LogP contribution in [0.5, 0.6) is 0 Å². The first-order chi connectivity index (χ1) is 18.0. The number of anilines is 1. The van der Waals surface area contributed by atoms with Gasteiger partial charge in [0.2, 0.25) is 17.7 Å². The number of amides is 3. The smallest absolute Gasteiger partial charge is 0.247 e. The molecule has 0 aromatic heterocycles. The zero-order valence-corrected chi connectivity index (χ0v) is 24.2. The van der Waals surface area contributed by atoms with E-state index in [1.54, 1.807) is 32.0 Å². The van der Waals surface area contributed by atoms with Crippen molar-refractivity contribution >= 4 is 74.1 Å². The number of nitrogens with one attached hydrogen (secondary N) is 1. The Balaban J connectivity index is 1.48. The highest BCUT2D eigenvalue weighted by Crippen LogP contribution is 2.69. The molecule has 3 amide bonds. The fraction of sp³-hybridized carbons (Fsp3) is 0.276. The van der Waals surface area contributed by atoms with Crippen LogP contribution in [0.15, 0.2) is 71.2 Å². The van der Waals surface area contributed by atoms with E-state index < -0.39 is 51.3 Å². The molecule has 0 unspecified atom stereocenters. The van der Waals surface area contributed by atoms with E-state index in [2.05, 4.69) is 21.2 Å². The van der Waals surface area contributed by atoms with Gasteiger partial charge in [-0.2, -0.15) is 0 Å². The molecule has 1 heterocycles. The predicted molar refractivity (Wildman–Crippen MR) is 151 cm³/mol. The van der Waals surface area contributed by atoms with E-state index in [1.165, 1.54) is 0 Å². The number of likely N-dealkylation sites (tertiary alicyclic amines) is 1. The maximum Gasteiger partial charge on any atom is 0.247 e. The minimum absolute atomic E-state index is 0.325. The summed E-state index contributed by atoms with van der Waals surface area (Å²) in [6, 6.07) is 18.9. The van der Waals surface area contributed by atoms with Crippen molar-refractivity contribution in [3.63, 3.8) is 0 Å². The largest absolute Gasteiger partial charge is 0.323 e. The van der Waals surface area contributed by atoms with Gasteiger partial charge >= 0.3 is 0 Å². The van der Waals surface area contributed by atoms with Gasteiger partial charge in [0.25, 0.3) is 0 Å². The van der Waals surface area contributed by atoms with Gasteiger partial charge in [-0.1, -0.05) is 89.9 Å². The van der Waals surface area contributed by atoms with Crippen LogP contribution in [0.2, 0.25) is 5.02 Å². The molecular weight excluding hydrogens is 611 g/mol. The third kappa shape index (κ3) is 3.27. The third-order valence-electron chi connectivity index (χ3n) is 7.99. The van der Waals surface area contributed by atoms with Gasteiger partial charge in [-0.25, -0.2) is 0 Å². The van der Waals surface area contributed by atoms with Crippen molar-refractivity contribution in [2.75, 3.05) is 5.32 Å². The molecule has 3 aliphatic carbocycles. The maximum absolute atomic E-state index is 14.3. The van der Waals surface area contributed by atoms with Crippen molar-refractivity contribution in [2.45, 2.75) is 29.6 Å². The van der Waals surface area contributed by atoms with Crippen LogP contribution in [0.4, 0.5) is 5.69 Å². The lowest BCUT2D eigenvalue weighted by molar-refractivity contribution is -0.148. The first-order valence-electron chi connectivity index (χ1n) is 12.2. The number of imide groups is 1. The maximum atomic E-state index is 14.3. The number of hydrogen-bond acceptors (Lipinski definition) is 3. The van der Waals surface area contributed by atoms with E-state index in [0.29, 0.717) is 33.0 Å². The molecule has 194 valence electrons. The molecule has 3 aromatic carbocycles. The molecule has 2 bridgehead atoms. The van der Waals surface area contributed by atoms with Crippen LogP contribution in [0.3, 0.4) is 0 Å². The van der Waals surface area contributed by atoms with Gasteiger partial charge in [0.15, 0.2) is 0 Å². The highest BCUT2D eigenvalue weighted by molar-refractivity contribution is 9.10. The first-order valence-corrected chi connectivity index (χ1v) is 14.2. The first kappa shape index (κ1) is 25.9. The second-order valence-electron chi connectivity index (χ2n) is 10.3. The number of rotatable bonds is 4. The van der Waals surface area contributed by atoms with E-state index in [0.717, 1.165) is 9.37 Å². The molecule has 9 heteroatoms. The fourth-order valence-corrected chi connectivity index (χ4v) is 8.30. The van der Waals surface area contributed by atoms with Crippen molar-refractivity contribution in [1.82, 2.24) is 4.90 Å². The van der Waals surface area contributed by atoms with Gasteiger partial charge in [0.05, 0.1) is 22.5 Å². The average molecular weight is 633 g/mol. The average Bonchev–Trinajstić information content (AvgIpc) is 3.15. The van der Waals surface area contributed by atoms with Crippen LogP contribution >= 0.6 is 50.7 Å². The van der Waals surface area contributed by atoms with E-state index in [-0.39, 0.29) is 0 Å². The molecule has 1 N–H and O–H groups in total. The summed E-state index contributed by atoms with van der Waals surface area (Å²) in [4.78, 5) is 40.7. The lowest BCUT2D eigenvalue weighted by Crippen LogP contribution is -2.57. The van der Waals surface area contributed by atoms with Gasteiger partial charge in [-0.05, 0) is 46.4 Å². The summed E-state index contributed by atoms with van der Waals surface area (Å²) in [7, 11) is 0. The van der Waals surface area contributed by atoms with E-state index in [9.17, 15) is 14.4 Å². The summed E-state index contributed by atoms with van der Waals surface area (Å²) < 4.78 is 0.754. The molecule has 5 nitrogen and oxygen atoms in total. The molecule has 1 saturated heterocycles. The zero-order valence-electron chi connectivity index (χ0n) is 20.3. The molecule has 1 fully saturated rings. The van der Waals surface area contributed by atoms with Crippen LogP contribution in [0.25, 0.3) is 0 Å². The van der Waals surface area contributed by atoms with Gasteiger partial charge in [0.1, 0.15) is 15.8 Å². The number of carbonyl (C=O) groups is 3. The molecular formula is C29H22BrCl3N2O3. The Hall–Kier alpha value is -2.38. The van der Waals surface area contributed by atoms with Crippen molar-refractivity contribution < 1.29 is 14.4 Å². The molecule has 0 radical (unpaired) electrons. The monoisotopic (exact) mass is 630 g/mol. The molecule has 3 aromatic rings. The predicted octanol–water partition coefficient (Wildman–Crippen LogP) is 6.66. The highest BCUT2D eigenvalue weighted by Gasteiger charge is 2.73. The molecule has 7 rings (SSSR count). The lowest BCUT2D eigenvalue weighted by Gasteiger charge is -2.54. The van der Waals surface area contributed by atoms with Crippen LogP contribution in [0.1, 0.15) is 36.1 Å². The number of nitrogens with zero attached hydrogens (tertiary/aromatic N) is 1. The summed E-state index contributed by atoms with van der Waals surface area (Å²) in [6.07, 6.45) is 0. The van der Waals surface area contributed by atoms with Crippen molar-refractivity contribution in [1.29, 1.82) is 0 Å². The summed E-state index contributed by atoms with van der Waals surface area (Å²) in [5, 5.41) is 3.13. The molecule has 0 spiro atoms. The van der Waals surface area contributed by atoms with E-state index >= 15 is 0 Å². The van der Waals surface area contributed by atoms with Gasteiger partial charge in [-0.3, -0.25) is 19.3 Å². The molecule has 1 aliphatic heterocycles. The Morgan fingerprint density at radius 3 is 1.71 bits per heavy atom. The summed E-state index contributed by atoms with van der Waals surface area (Å²) >= 11 is 24.7. The van der Waals surface area contributed by atoms with Gasteiger partial charge in [0, 0.05) is 4.47 Å². The van der Waals surface area contributed by atoms with Crippen LogP contribution in [-0.2, 0) is 24.1 Å². The topological polar surface area (TPSA) is 66.5 Å². The Morgan fingerprint density at radius 1 is 0.868 bits per heavy atom. The molecule has 4 aliphatic rings. The number of halogens is 4. The highest BCUT2D eigenvalue weighted by atomic mass is 79.9. The summed E-state index contributed by atoms with van der Waals surface area (Å²) in [5.41, 5.74) is 3.24. The Bertz CT molecular complexity index is 1420. The third-order valence-corrected chi connectivity index (χ3v) is 10.1. The lowest BCUT2D eigenvalue weighted by atomic mass is 9.54.